The molecule has 0 unspecified atom stereocenters. The summed E-state index contributed by atoms with van der Waals surface area (Å²) < 4.78 is 0. The number of aromatic hydroxyl groups is 1. The lowest BCUT2D eigenvalue weighted by atomic mass is 10.1. The minimum absolute atomic E-state index is 0.228. The van der Waals surface area contributed by atoms with Gasteiger partial charge in [0, 0.05) is 0 Å². The van der Waals surface area contributed by atoms with E-state index in [1.54, 1.807) is 36.4 Å². The van der Waals surface area contributed by atoms with Crippen LogP contribution in [0.4, 0.5) is 5.69 Å². The molecular weight excluding hydrogens is 202 g/mol. The van der Waals surface area contributed by atoms with Crippen LogP contribution in [0.3, 0.4) is 0 Å². The Balaban J connectivity index is 2.43. The largest absolute Gasteiger partial charge is 0.508 e. The molecule has 0 aliphatic rings. The molecule has 0 aliphatic carbocycles. The van der Waals surface area contributed by atoms with Crippen LogP contribution in [-0.4, -0.2) is 11.2 Å². The van der Waals surface area contributed by atoms with E-state index in [9.17, 15) is 9.90 Å². The number of phenolic OH excluding ortho intramolecular Hbond substituents is 1. The third-order valence-corrected chi connectivity index (χ3v) is 2.22. The SMILES string of the molecule is O=C=Nc1cccc(-c2ccc(O)cc2)c1. The van der Waals surface area contributed by atoms with E-state index in [2.05, 4.69) is 4.99 Å². The van der Waals surface area contributed by atoms with Gasteiger partial charge in [0.05, 0.1) is 5.69 Å². The van der Waals surface area contributed by atoms with Gasteiger partial charge < -0.3 is 5.11 Å². The van der Waals surface area contributed by atoms with Crippen LogP contribution in [0.25, 0.3) is 11.1 Å². The topological polar surface area (TPSA) is 49.7 Å². The second kappa shape index (κ2) is 4.43. The first kappa shape index (κ1) is 10.1. The molecule has 78 valence electrons. The zero-order valence-corrected chi connectivity index (χ0v) is 8.42. The van der Waals surface area contributed by atoms with Crippen LogP contribution in [-0.2, 0) is 4.79 Å². The standard InChI is InChI=1S/C13H9NO2/c15-9-14-12-3-1-2-11(8-12)10-4-6-13(16)7-5-10/h1-8,16H. The Bertz CT molecular complexity index is 540. The van der Waals surface area contributed by atoms with Crippen molar-refractivity contribution in [2.24, 2.45) is 4.99 Å². The van der Waals surface area contributed by atoms with E-state index < -0.39 is 0 Å². The number of benzene rings is 2. The maximum Gasteiger partial charge on any atom is 0.240 e. The van der Waals surface area contributed by atoms with E-state index in [1.165, 1.54) is 6.08 Å². The predicted octanol–water partition coefficient (Wildman–Crippen LogP) is 3.03. The Morgan fingerprint density at radius 1 is 1.00 bits per heavy atom. The number of hydrogen-bond acceptors (Lipinski definition) is 3. The smallest absolute Gasteiger partial charge is 0.240 e. The molecule has 0 saturated carbocycles. The lowest BCUT2D eigenvalue weighted by Gasteiger charge is -2.02. The van der Waals surface area contributed by atoms with Gasteiger partial charge in [0.1, 0.15) is 5.75 Å². The minimum Gasteiger partial charge on any atom is -0.508 e. The summed E-state index contributed by atoms with van der Waals surface area (Å²) in [4.78, 5) is 13.7. The van der Waals surface area contributed by atoms with E-state index in [0.717, 1.165) is 11.1 Å². The quantitative estimate of drug-likeness (QED) is 0.613. The van der Waals surface area contributed by atoms with Gasteiger partial charge in [-0.3, -0.25) is 0 Å². The third-order valence-electron chi connectivity index (χ3n) is 2.22. The van der Waals surface area contributed by atoms with Crippen molar-refractivity contribution >= 4 is 11.8 Å². The zero-order valence-electron chi connectivity index (χ0n) is 8.42. The van der Waals surface area contributed by atoms with Gasteiger partial charge in [0.15, 0.2) is 0 Å². The molecule has 0 heterocycles. The van der Waals surface area contributed by atoms with Gasteiger partial charge in [-0.1, -0.05) is 24.3 Å². The highest BCUT2D eigenvalue weighted by Crippen LogP contribution is 2.25. The van der Waals surface area contributed by atoms with Crippen molar-refractivity contribution in [2.45, 2.75) is 0 Å². The van der Waals surface area contributed by atoms with E-state index >= 15 is 0 Å². The molecule has 0 aliphatic heterocycles. The molecule has 0 spiro atoms. The highest BCUT2D eigenvalue weighted by molar-refractivity contribution is 5.68. The van der Waals surface area contributed by atoms with Crippen molar-refractivity contribution < 1.29 is 9.90 Å². The maximum atomic E-state index is 10.1. The molecule has 0 amide bonds. The molecule has 0 fully saturated rings. The molecule has 0 atom stereocenters. The highest BCUT2D eigenvalue weighted by Gasteiger charge is 1.98. The van der Waals surface area contributed by atoms with Crippen molar-refractivity contribution in [3.05, 3.63) is 48.5 Å². The fourth-order valence-corrected chi connectivity index (χ4v) is 1.46. The van der Waals surface area contributed by atoms with E-state index in [0.29, 0.717) is 5.69 Å². The van der Waals surface area contributed by atoms with Crippen LogP contribution in [0.15, 0.2) is 53.5 Å². The lowest BCUT2D eigenvalue weighted by Crippen LogP contribution is -1.76. The van der Waals surface area contributed by atoms with Crippen LogP contribution in [0, 0.1) is 0 Å². The Morgan fingerprint density at radius 2 is 1.75 bits per heavy atom. The summed E-state index contributed by atoms with van der Waals surface area (Å²) in [6, 6.07) is 14.1. The molecule has 0 bridgehead atoms. The van der Waals surface area contributed by atoms with Crippen LogP contribution in [0.5, 0.6) is 5.75 Å². The van der Waals surface area contributed by atoms with Crippen molar-refractivity contribution in [1.82, 2.24) is 0 Å². The molecule has 3 heteroatoms. The highest BCUT2D eigenvalue weighted by atomic mass is 16.3. The summed E-state index contributed by atoms with van der Waals surface area (Å²) in [6.07, 6.45) is 1.51. The van der Waals surface area contributed by atoms with Crippen LogP contribution in [0.2, 0.25) is 0 Å². The summed E-state index contributed by atoms with van der Waals surface area (Å²) >= 11 is 0. The molecule has 2 aromatic carbocycles. The Kier molecular flexibility index (Phi) is 2.81. The minimum atomic E-state index is 0.228. The van der Waals surface area contributed by atoms with E-state index in [4.69, 9.17) is 0 Å². The predicted molar refractivity (Wildman–Crippen MR) is 61.3 cm³/mol. The van der Waals surface area contributed by atoms with Crippen molar-refractivity contribution in [2.75, 3.05) is 0 Å². The van der Waals surface area contributed by atoms with Crippen molar-refractivity contribution in [3.8, 4) is 16.9 Å². The number of phenols is 1. The van der Waals surface area contributed by atoms with Gasteiger partial charge in [0.25, 0.3) is 0 Å². The number of carbonyl (C=O) groups excluding carboxylic acids is 1. The van der Waals surface area contributed by atoms with Crippen LogP contribution >= 0.6 is 0 Å². The fourth-order valence-electron chi connectivity index (χ4n) is 1.46. The second-order valence-corrected chi connectivity index (χ2v) is 3.30. The molecule has 0 aromatic heterocycles. The second-order valence-electron chi connectivity index (χ2n) is 3.30. The number of rotatable bonds is 2. The van der Waals surface area contributed by atoms with Gasteiger partial charge in [-0.2, -0.15) is 4.99 Å². The van der Waals surface area contributed by atoms with Crippen LogP contribution < -0.4 is 0 Å². The molecule has 2 aromatic rings. The summed E-state index contributed by atoms with van der Waals surface area (Å²) in [5.74, 6) is 0.228. The summed E-state index contributed by atoms with van der Waals surface area (Å²) in [6.45, 7) is 0. The number of aliphatic imine (C=N–C) groups is 1. The van der Waals surface area contributed by atoms with E-state index in [-0.39, 0.29) is 5.75 Å². The van der Waals surface area contributed by atoms with Crippen molar-refractivity contribution in [1.29, 1.82) is 0 Å². The first-order valence-electron chi connectivity index (χ1n) is 4.77. The van der Waals surface area contributed by atoms with Crippen molar-refractivity contribution in [3.63, 3.8) is 0 Å². The average molecular weight is 211 g/mol. The fraction of sp³-hybridized carbons (Fsp3) is 0. The Hall–Kier alpha value is -2.38. The molecule has 1 N–H and O–H groups in total. The monoisotopic (exact) mass is 211 g/mol. The summed E-state index contributed by atoms with van der Waals surface area (Å²) in [5.41, 5.74) is 2.47. The van der Waals surface area contributed by atoms with Gasteiger partial charge in [-0.25, -0.2) is 4.79 Å². The molecule has 3 nitrogen and oxygen atoms in total. The number of nitrogens with zero attached hydrogens (tertiary/aromatic N) is 1. The molecule has 0 saturated heterocycles. The zero-order chi connectivity index (χ0) is 11.4. The van der Waals surface area contributed by atoms with Gasteiger partial charge >= 0.3 is 0 Å². The average Bonchev–Trinajstić information content (AvgIpc) is 2.31. The maximum absolute atomic E-state index is 10.1. The first-order chi connectivity index (χ1) is 7.79. The summed E-state index contributed by atoms with van der Waals surface area (Å²) in [5, 5.41) is 9.17. The van der Waals surface area contributed by atoms with Gasteiger partial charge in [-0.05, 0) is 35.4 Å². The molecule has 0 radical (unpaired) electrons. The first-order valence-corrected chi connectivity index (χ1v) is 4.77. The van der Waals surface area contributed by atoms with Gasteiger partial charge in [-0.15, -0.1) is 0 Å². The molecule has 16 heavy (non-hydrogen) atoms. The number of hydrogen-bond donors (Lipinski definition) is 1. The molecular formula is C13H9NO2. The molecule has 2 rings (SSSR count). The van der Waals surface area contributed by atoms with Crippen LogP contribution in [0.1, 0.15) is 0 Å². The van der Waals surface area contributed by atoms with Gasteiger partial charge in [0.2, 0.25) is 6.08 Å². The lowest BCUT2D eigenvalue weighted by molar-refractivity contribution is 0.475. The summed E-state index contributed by atoms with van der Waals surface area (Å²) in [7, 11) is 0. The number of isocyanates is 1. The Morgan fingerprint density at radius 3 is 2.44 bits per heavy atom. The normalized spacial score (nSPS) is 9.50. The Labute approximate surface area is 92.7 Å². The third kappa shape index (κ3) is 2.16. The van der Waals surface area contributed by atoms with E-state index in [1.807, 2.05) is 12.1 Å².